The molecular formula is C12H20N4O4S. The average Bonchev–Trinajstić information content (AvgIpc) is 2.45. The van der Waals surface area contributed by atoms with Gasteiger partial charge in [-0.15, -0.1) is 0 Å². The second-order valence-corrected chi connectivity index (χ2v) is 6.22. The van der Waals surface area contributed by atoms with E-state index in [0.717, 1.165) is 6.54 Å². The predicted octanol–water partition coefficient (Wildman–Crippen LogP) is 0.866. The van der Waals surface area contributed by atoms with Crippen LogP contribution < -0.4 is 10.0 Å². The minimum atomic E-state index is -3.93. The molecule has 21 heavy (non-hydrogen) atoms. The Morgan fingerprint density at radius 1 is 1.38 bits per heavy atom. The predicted molar refractivity (Wildman–Crippen MR) is 81.0 cm³/mol. The topological polar surface area (TPSA) is 105 Å². The van der Waals surface area contributed by atoms with Crippen molar-refractivity contribution in [3.63, 3.8) is 0 Å². The van der Waals surface area contributed by atoms with Crippen molar-refractivity contribution in [3.05, 3.63) is 28.3 Å². The molecular weight excluding hydrogens is 296 g/mol. The molecule has 2 N–H and O–H groups in total. The number of nitro benzene ring substituents is 1. The van der Waals surface area contributed by atoms with Crippen LogP contribution in [0.3, 0.4) is 0 Å². The number of likely N-dealkylation sites (N-methyl/N-ethyl adjacent to an activating group) is 1. The average molecular weight is 316 g/mol. The maximum Gasteiger partial charge on any atom is 0.289 e. The molecule has 0 bridgehead atoms. The fourth-order valence-corrected chi connectivity index (χ4v) is 2.86. The van der Waals surface area contributed by atoms with Crippen molar-refractivity contribution >= 4 is 21.4 Å². The van der Waals surface area contributed by atoms with Crippen LogP contribution in [0, 0.1) is 10.1 Å². The Hall–Kier alpha value is -1.71. The van der Waals surface area contributed by atoms with Crippen molar-refractivity contribution in [1.82, 2.24) is 9.62 Å². The van der Waals surface area contributed by atoms with E-state index >= 15 is 0 Å². The molecule has 118 valence electrons. The summed E-state index contributed by atoms with van der Waals surface area (Å²) in [6.07, 6.45) is 0. The maximum atomic E-state index is 12.2. The Morgan fingerprint density at radius 2 is 2.05 bits per heavy atom. The molecule has 0 radical (unpaired) electrons. The van der Waals surface area contributed by atoms with Crippen molar-refractivity contribution in [1.29, 1.82) is 0 Å². The molecule has 1 rings (SSSR count). The van der Waals surface area contributed by atoms with Crippen LogP contribution in [0.25, 0.3) is 0 Å². The summed E-state index contributed by atoms with van der Waals surface area (Å²) in [6.45, 7) is 3.45. The lowest BCUT2D eigenvalue weighted by atomic mass is 10.3. The van der Waals surface area contributed by atoms with Gasteiger partial charge in [-0.1, -0.05) is 6.92 Å². The van der Waals surface area contributed by atoms with E-state index in [2.05, 4.69) is 10.0 Å². The summed E-state index contributed by atoms with van der Waals surface area (Å²) in [5, 5.41) is 13.7. The molecule has 0 aliphatic heterocycles. The fourth-order valence-electron chi connectivity index (χ4n) is 1.64. The highest BCUT2D eigenvalue weighted by Crippen LogP contribution is 2.26. The minimum Gasteiger partial charge on any atom is -0.388 e. The van der Waals surface area contributed by atoms with Crippen molar-refractivity contribution in [2.45, 2.75) is 11.8 Å². The number of anilines is 1. The van der Waals surface area contributed by atoms with E-state index < -0.39 is 20.6 Å². The Bertz CT molecular complexity index is 603. The van der Waals surface area contributed by atoms with Crippen molar-refractivity contribution in [3.8, 4) is 0 Å². The van der Waals surface area contributed by atoms with Gasteiger partial charge in [0.15, 0.2) is 4.90 Å². The van der Waals surface area contributed by atoms with Gasteiger partial charge in [0.05, 0.1) is 4.92 Å². The molecule has 0 amide bonds. The molecule has 0 atom stereocenters. The van der Waals surface area contributed by atoms with Gasteiger partial charge in [-0.3, -0.25) is 10.1 Å². The Morgan fingerprint density at radius 3 is 2.57 bits per heavy atom. The highest BCUT2D eigenvalue weighted by molar-refractivity contribution is 7.89. The minimum absolute atomic E-state index is 0.188. The number of sulfonamides is 1. The van der Waals surface area contributed by atoms with E-state index in [0.29, 0.717) is 12.2 Å². The first kappa shape index (κ1) is 17.3. The van der Waals surface area contributed by atoms with Crippen molar-refractivity contribution < 1.29 is 13.3 Å². The molecule has 0 saturated heterocycles. The smallest absolute Gasteiger partial charge is 0.289 e. The standard InChI is InChI=1S/C12H20N4O4S/c1-4-15(3)8-7-14-21(19,20)12-9-10(13-2)5-6-11(12)16(17)18/h5-6,9,13-14H,4,7-8H2,1-3H3. The Labute approximate surface area is 124 Å². The third kappa shape index (κ3) is 4.66. The molecule has 0 aliphatic rings. The van der Waals surface area contributed by atoms with Crippen LogP contribution in [0.5, 0.6) is 0 Å². The van der Waals surface area contributed by atoms with E-state index in [-0.39, 0.29) is 11.4 Å². The molecule has 0 heterocycles. The monoisotopic (exact) mass is 316 g/mol. The van der Waals surface area contributed by atoms with Crippen LogP contribution in [-0.4, -0.2) is 52.0 Å². The van der Waals surface area contributed by atoms with Crippen LogP contribution in [-0.2, 0) is 10.0 Å². The van der Waals surface area contributed by atoms with Crippen molar-refractivity contribution in [2.75, 3.05) is 39.0 Å². The van der Waals surface area contributed by atoms with E-state index in [1.807, 2.05) is 18.9 Å². The van der Waals surface area contributed by atoms with Gasteiger partial charge < -0.3 is 10.2 Å². The number of rotatable bonds is 8. The zero-order chi connectivity index (χ0) is 16.0. The van der Waals surface area contributed by atoms with Gasteiger partial charge in [0.2, 0.25) is 10.0 Å². The van der Waals surface area contributed by atoms with Crippen LogP contribution >= 0.6 is 0 Å². The first-order valence-corrected chi connectivity index (χ1v) is 7.94. The summed E-state index contributed by atoms with van der Waals surface area (Å²) in [5.74, 6) is 0. The normalized spacial score (nSPS) is 11.6. The maximum absolute atomic E-state index is 12.2. The SMILES string of the molecule is CCN(C)CCNS(=O)(=O)c1cc(NC)ccc1[N+](=O)[O-]. The van der Waals surface area contributed by atoms with Crippen LogP contribution in [0.2, 0.25) is 0 Å². The Kier molecular flexibility index (Phi) is 6.06. The summed E-state index contributed by atoms with van der Waals surface area (Å²) in [7, 11) is -0.459. The fraction of sp³-hybridized carbons (Fsp3) is 0.500. The van der Waals surface area contributed by atoms with Crippen LogP contribution in [0.15, 0.2) is 23.1 Å². The Balaban J connectivity index is 3.03. The number of benzene rings is 1. The molecule has 8 nitrogen and oxygen atoms in total. The zero-order valence-electron chi connectivity index (χ0n) is 12.3. The molecule has 0 fully saturated rings. The lowest BCUT2D eigenvalue weighted by molar-refractivity contribution is -0.387. The highest BCUT2D eigenvalue weighted by atomic mass is 32.2. The number of nitro groups is 1. The van der Waals surface area contributed by atoms with Gasteiger partial charge in [0.1, 0.15) is 0 Å². The molecule has 9 heteroatoms. The first-order valence-electron chi connectivity index (χ1n) is 6.46. The van der Waals surface area contributed by atoms with E-state index in [9.17, 15) is 18.5 Å². The van der Waals surface area contributed by atoms with Crippen molar-refractivity contribution in [2.24, 2.45) is 0 Å². The van der Waals surface area contributed by atoms with Crippen LogP contribution in [0.1, 0.15) is 6.92 Å². The molecule has 0 saturated carbocycles. The summed E-state index contributed by atoms with van der Waals surface area (Å²) in [5.41, 5.74) is 0.0528. The molecule has 1 aromatic carbocycles. The van der Waals surface area contributed by atoms with E-state index in [1.54, 1.807) is 7.05 Å². The number of hydrogen-bond donors (Lipinski definition) is 2. The summed E-state index contributed by atoms with van der Waals surface area (Å²) in [6, 6.07) is 3.89. The molecule has 0 unspecified atom stereocenters. The van der Waals surface area contributed by atoms with Gasteiger partial charge in [0, 0.05) is 31.9 Å². The van der Waals surface area contributed by atoms with E-state index in [1.165, 1.54) is 18.2 Å². The van der Waals surface area contributed by atoms with Gasteiger partial charge in [-0.05, 0) is 25.7 Å². The molecule has 0 aromatic heterocycles. The lowest BCUT2D eigenvalue weighted by Crippen LogP contribution is -2.33. The quantitative estimate of drug-likeness (QED) is 0.544. The van der Waals surface area contributed by atoms with Crippen LogP contribution in [0.4, 0.5) is 11.4 Å². The van der Waals surface area contributed by atoms with Gasteiger partial charge in [-0.25, -0.2) is 13.1 Å². The summed E-state index contributed by atoms with van der Waals surface area (Å²) in [4.78, 5) is 11.9. The molecule has 0 spiro atoms. The molecule has 0 aliphatic carbocycles. The third-order valence-electron chi connectivity index (χ3n) is 3.06. The second kappa shape index (κ2) is 7.34. The van der Waals surface area contributed by atoms with E-state index in [4.69, 9.17) is 0 Å². The largest absolute Gasteiger partial charge is 0.388 e. The number of hydrogen-bond acceptors (Lipinski definition) is 6. The second-order valence-electron chi connectivity index (χ2n) is 4.48. The third-order valence-corrected chi connectivity index (χ3v) is 4.55. The summed E-state index contributed by atoms with van der Waals surface area (Å²) >= 11 is 0. The van der Waals surface area contributed by atoms with Gasteiger partial charge in [0.25, 0.3) is 5.69 Å². The highest BCUT2D eigenvalue weighted by Gasteiger charge is 2.25. The van der Waals surface area contributed by atoms with Gasteiger partial charge in [-0.2, -0.15) is 0 Å². The molecule has 1 aromatic rings. The first-order chi connectivity index (χ1) is 9.81. The number of nitrogens with one attached hydrogen (secondary N) is 2. The summed E-state index contributed by atoms with van der Waals surface area (Å²) < 4.78 is 26.9. The number of nitrogens with zero attached hydrogens (tertiary/aromatic N) is 2. The van der Waals surface area contributed by atoms with Gasteiger partial charge >= 0.3 is 0 Å². The lowest BCUT2D eigenvalue weighted by Gasteiger charge is -2.14. The zero-order valence-corrected chi connectivity index (χ0v) is 13.1.